The van der Waals surface area contributed by atoms with Crippen molar-refractivity contribution in [1.29, 1.82) is 0 Å². The Labute approximate surface area is 162 Å². The molecule has 1 saturated heterocycles. The van der Waals surface area contributed by atoms with Crippen LogP contribution in [0, 0.1) is 0 Å². The number of likely N-dealkylation sites (N-methyl/N-ethyl adjacent to an activating group) is 1. The molecule has 1 aliphatic heterocycles. The van der Waals surface area contributed by atoms with Crippen molar-refractivity contribution in [3.63, 3.8) is 0 Å². The van der Waals surface area contributed by atoms with Crippen LogP contribution in [0.4, 0.5) is 5.82 Å². The molecule has 148 valence electrons. The molecule has 0 unspecified atom stereocenters. The van der Waals surface area contributed by atoms with Gasteiger partial charge in [0.2, 0.25) is 0 Å². The largest absolute Gasteiger partial charge is 0.497 e. The first kappa shape index (κ1) is 19.9. The third-order valence-corrected chi connectivity index (χ3v) is 5.26. The fraction of sp³-hybridized carbons (Fsp3) is 0.571. The summed E-state index contributed by atoms with van der Waals surface area (Å²) in [5.41, 5.74) is 2.22. The second-order valence-corrected chi connectivity index (χ2v) is 7.19. The van der Waals surface area contributed by atoms with E-state index in [0.29, 0.717) is 12.6 Å². The van der Waals surface area contributed by atoms with Gasteiger partial charge in [0.25, 0.3) is 0 Å². The monoisotopic (exact) mass is 372 g/mol. The van der Waals surface area contributed by atoms with Crippen molar-refractivity contribution in [2.75, 3.05) is 58.5 Å². The quantitative estimate of drug-likeness (QED) is 0.768. The summed E-state index contributed by atoms with van der Waals surface area (Å²) >= 11 is 0. The predicted octanol–water partition coefficient (Wildman–Crippen LogP) is 2.51. The second-order valence-electron chi connectivity index (χ2n) is 7.19. The Morgan fingerprint density at radius 1 is 1.15 bits per heavy atom. The molecule has 1 aromatic heterocycles. The Balaban J connectivity index is 1.90. The van der Waals surface area contributed by atoms with E-state index in [1.54, 1.807) is 14.2 Å². The number of hydrogen-bond acceptors (Lipinski definition) is 6. The number of methoxy groups -OCH3 is 2. The van der Waals surface area contributed by atoms with Crippen molar-refractivity contribution < 1.29 is 9.47 Å². The molecular formula is C21H32N4O2. The first-order chi connectivity index (χ1) is 13.1. The summed E-state index contributed by atoms with van der Waals surface area (Å²) in [6.45, 7) is 11.1. The van der Waals surface area contributed by atoms with E-state index in [4.69, 9.17) is 14.5 Å². The molecule has 2 aromatic rings. The lowest BCUT2D eigenvalue weighted by Gasteiger charge is -2.36. The van der Waals surface area contributed by atoms with Crippen LogP contribution in [0.5, 0.6) is 5.75 Å². The molecule has 1 fully saturated rings. The first-order valence-corrected chi connectivity index (χ1v) is 9.82. The first-order valence-electron chi connectivity index (χ1n) is 9.82. The summed E-state index contributed by atoms with van der Waals surface area (Å²) in [4.78, 5) is 9.94. The van der Waals surface area contributed by atoms with Gasteiger partial charge in [0, 0.05) is 62.9 Å². The van der Waals surface area contributed by atoms with Gasteiger partial charge in [-0.25, -0.2) is 4.98 Å². The summed E-state index contributed by atoms with van der Waals surface area (Å²) in [6, 6.07) is 8.66. The normalized spacial score (nSPS) is 16.7. The minimum atomic E-state index is 0.298. The van der Waals surface area contributed by atoms with Crippen molar-refractivity contribution in [3.05, 3.63) is 29.8 Å². The van der Waals surface area contributed by atoms with Crippen molar-refractivity contribution in [2.45, 2.75) is 26.4 Å². The van der Waals surface area contributed by atoms with Crippen LogP contribution in [0.1, 0.15) is 19.4 Å². The lowest BCUT2D eigenvalue weighted by Crippen LogP contribution is -2.47. The second kappa shape index (κ2) is 9.35. The molecule has 1 N–H and O–H groups in total. The van der Waals surface area contributed by atoms with E-state index >= 15 is 0 Å². The van der Waals surface area contributed by atoms with Gasteiger partial charge in [0.15, 0.2) is 0 Å². The average molecular weight is 373 g/mol. The van der Waals surface area contributed by atoms with Crippen LogP contribution < -0.4 is 15.0 Å². The van der Waals surface area contributed by atoms with Crippen LogP contribution in [0.25, 0.3) is 10.9 Å². The Morgan fingerprint density at radius 3 is 2.59 bits per heavy atom. The van der Waals surface area contributed by atoms with Crippen LogP contribution >= 0.6 is 0 Å². The van der Waals surface area contributed by atoms with Gasteiger partial charge >= 0.3 is 0 Å². The van der Waals surface area contributed by atoms with Crippen LogP contribution in [0.2, 0.25) is 0 Å². The smallest absolute Gasteiger partial charge is 0.133 e. The lowest BCUT2D eigenvalue weighted by atomic mass is 10.1. The van der Waals surface area contributed by atoms with Gasteiger partial charge in [-0.1, -0.05) is 6.92 Å². The number of hydrogen-bond donors (Lipinski definition) is 1. The summed E-state index contributed by atoms with van der Waals surface area (Å²) < 4.78 is 10.6. The summed E-state index contributed by atoms with van der Waals surface area (Å²) in [5.74, 6) is 1.93. The molecule has 0 amide bonds. The molecule has 6 nitrogen and oxygen atoms in total. The van der Waals surface area contributed by atoms with Gasteiger partial charge in [0.05, 0.1) is 19.2 Å². The van der Waals surface area contributed by atoms with Crippen molar-refractivity contribution in [2.24, 2.45) is 0 Å². The minimum absolute atomic E-state index is 0.298. The summed E-state index contributed by atoms with van der Waals surface area (Å²) in [7, 11) is 3.43. The highest BCUT2D eigenvalue weighted by Crippen LogP contribution is 2.27. The third-order valence-electron chi connectivity index (χ3n) is 5.26. The Kier molecular flexibility index (Phi) is 6.88. The third kappa shape index (κ3) is 4.89. The van der Waals surface area contributed by atoms with Crippen LogP contribution in [0.3, 0.4) is 0 Å². The van der Waals surface area contributed by atoms with E-state index in [-0.39, 0.29) is 0 Å². The summed E-state index contributed by atoms with van der Waals surface area (Å²) in [5, 5.41) is 4.70. The number of anilines is 1. The van der Waals surface area contributed by atoms with Gasteiger partial charge < -0.3 is 24.6 Å². The highest BCUT2D eigenvalue weighted by Gasteiger charge is 2.20. The van der Waals surface area contributed by atoms with Gasteiger partial charge in [-0.15, -0.1) is 0 Å². The van der Waals surface area contributed by atoms with E-state index in [0.717, 1.165) is 61.7 Å². The SMILES string of the molecule is CCN1CCN(c2nc3cc(OC)ccc3cc2CN[C@H](C)COC)CC1. The molecule has 3 rings (SSSR count). The fourth-order valence-corrected chi connectivity index (χ4v) is 3.58. The standard InChI is InChI=1S/C21H32N4O2/c1-5-24-8-10-25(11-9-24)21-18(14-22-16(2)15-26-3)12-17-6-7-19(27-4)13-20(17)23-21/h6-7,12-13,16,22H,5,8-11,14-15H2,1-4H3/t16-/m1/s1. The molecule has 2 heterocycles. The minimum Gasteiger partial charge on any atom is -0.497 e. The maximum absolute atomic E-state index is 5.39. The number of ether oxygens (including phenoxy) is 2. The number of benzene rings is 1. The Morgan fingerprint density at radius 2 is 1.93 bits per heavy atom. The zero-order chi connectivity index (χ0) is 19.2. The molecule has 1 aliphatic rings. The Bertz CT molecular complexity index is 744. The van der Waals surface area contributed by atoms with Gasteiger partial charge in [0.1, 0.15) is 11.6 Å². The maximum Gasteiger partial charge on any atom is 0.133 e. The predicted molar refractivity (Wildman–Crippen MR) is 111 cm³/mol. The maximum atomic E-state index is 5.39. The van der Waals surface area contributed by atoms with Gasteiger partial charge in [-0.05, 0) is 31.7 Å². The number of nitrogens with zero attached hydrogens (tertiary/aromatic N) is 3. The van der Waals surface area contributed by atoms with Crippen molar-refractivity contribution in [3.8, 4) is 5.75 Å². The van der Waals surface area contributed by atoms with Crippen molar-refractivity contribution in [1.82, 2.24) is 15.2 Å². The number of aromatic nitrogens is 1. The average Bonchev–Trinajstić information content (AvgIpc) is 2.71. The fourth-order valence-electron chi connectivity index (χ4n) is 3.58. The highest BCUT2D eigenvalue weighted by atomic mass is 16.5. The molecule has 0 aliphatic carbocycles. The number of piperazine rings is 1. The zero-order valence-corrected chi connectivity index (χ0v) is 17.0. The van der Waals surface area contributed by atoms with Crippen LogP contribution in [-0.4, -0.2) is 69.5 Å². The Hall–Kier alpha value is -1.89. The number of pyridine rings is 1. The molecule has 6 heteroatoms. The van der Waals surface area contributed by atoms with Crippen molar-refractivity contribution >= 4 is 16.7 Å². The molecule has 0 saturated carbocycles. The molecule has 1 atom stereocenters. The highest BCUT2D eigenvalue weighted by molar-refractivity contribution is 5.83. The van der Waals surface area contributed by atoms with E-state index < -0.39 is 0 Å². The molecular weight excluding hydrogens is 340 g/mol. The van der Waals surface area contributed by atoms with Gasteiger partial charge in [-0.3, -0.25) is 0 Å². The number of rotatable bonds is 8. The molecule has 27 heavy (non-hydrogen) atoms. The zero-order valence-electron chi connectivity index (χ0n) is 17.0. The van der Waals surface area contributed by atoms with Crippen LogP contribution in [-0.2, 0) is 11.3 Å². The van der Waals surface area contributed by atoms with E-state index in [1.165, 1.54) is 5.56 Å². The van der Waals surface area contributed by atoms with E-state index in [2.05, 4.69) is 41.1 Å². The topological polar surface area (TPSA) is 49.9 Å². The van der Waals surface area contributed by atoms with E-state index in [1.807, 2.05) is 12.1 Å². The number of fused-ring (bicyclic) bond motifs is 1. The van der Waals surface area contributed by atoms with E-state index in [9.17, 15) is 0 Å². The molecule has 0 bridgehead atoms. The molecule has 0 radical (unpaired) electrons. The number of nitrogens with one attached hydrogen (secondary N) is 1. The lowest BCUT2D eigenvalue weighted by molar-refractivity contribution is 0.171. The molecule has 0 spiro atoms. The summed E-state index contributed by atoms with van der Waals surface area (Å²) in [6.07, 6.45) is 0. The van der Waals surface area contributed by atoms with Crippen LogP contribution in [0.15, 0.2) is 24.3 Å². The molecule has 1 aromatic carbocycles. The van der Waals surface area contributed by atoms with Gasteiger partial charge in [-0.2, -0.15) is 0 Å².